The lowest BCUT2D eigenvalue weighted by atomic mass is 10.0. The molecule has 5 atom stereocenters. The number of hydrogen-bond donors (Lipinski definition) is 3. The van der Waals surface area contributed by atoms with Gasteiger partial charge < -0.3 is 33.8 Å². The average Bonchev–Trinajstić information content (AvgIpc) is 0.977. The van der Waals surface area contributed by atoms with Crippen molar-refractivity contribution in [2.75, 3.05) is 39.6 Å². The van der Waals surface area contributed by atoms with Crippen LogP contribution in [0.3, 0.4) is 0 Å². The summed E-state index contributed by atoms with van der Waals surface area (Å²) in [6.45, 7) is 5.01. The molecule has 594 valence electrons. The highest BCUT2D eigenvalue weighted by Gasteiger charge is 2.30. The van der Waals surface area contributed by atoms with E-state index in [1.165, 1.54) is 270 Å². The fourth-order valence-electron chi connectivity index (χ4n) is 12.6. The molecule has 0 aliphatic heterocycles. The zero-order valence-electron chi connectivity index (χ0n) is 65.2. The molecule has 0 amide bonds. The van der Waals surface area contributed by atoms with Crippen LogP contribution in [0.2, 0.25) is 0 Å². The predicted octanol–water partition coefficient (Wildman–Crippen LogP) is 24.6. The molecule has 0 heterocycles. The lowest BCUT2D eigenvalue weighted by molar-refractivity contribution is -0.161. The summed E-state index contributed by atoms with van der Waals surface area (Å²) in [5.41, 5.74) is 0. The second-order valence-corrected chi connectivity index (χ2v) is 32.1. The first-order valence-electron chi connectivity index (χ1n) is 42.3. The number of ether oxygens (including phenoxy) is 4. The van der Waals surface area contributed by atoms with Crippen LogP contribution < -0.4 is 0 Å². The Hall–Kier alpha value is -1.94. The molecule has 0 radical (unpaired) electrons. The Morgan fingerprint density at radius 1 is 0.240 bits per heavy atom. The molecule has 0 saturated heterocycles. The van der Waals surface area contributed by atoms with Crippen LogP contribution in [0.15, 0.2) is 0 Å². The van der Waals surface area contributed by atoms with Crippen molar-refractivity contribution in [3.63, 3.8) is 0 Å². The van der Waals surface area contributed by atoms with E-state index in [1.807, 2.05) is 0 Å². The maximum Gasteiger partial charge on any atom is 0.472 e. The number of phosphoric acid groups is 2. The molecule has 0 aromatic heterocycles. The summed E-state index contributed by atoms with van der Waals surface area (Å²) in [6.07, 6.45) is 68.0. The van der Waals surface area contributed by atoms with Crippen molar-refractivity contribution in [2.45, 2.75) is 457 Å². The second kappa shape index (κ2) is 75.3. The first kappa shape index (κ1) is 98.1. The molecule has 0 fully saturated rings. The van der Waals surface area contributed by atoms with E-state index in [0.717, 1.165) is 89.9 Å². The molecule has 0 rings (SSSR count). The molecule has 0 aliphatic carbocycles. The molecular weight excluding hydrogens is 1310 g/mol. The Balaban J connectivity index is 5.21. The number of phosphoric ester groups is 2. The van der Waals surface area contributed by atoms with Crippen LogP contribution in [0.1, 0.15) is 439 Å². The van der Waals surface area contributed by atoms with E-state index in [2.05, 4.69) is 27.7 Å². The lowest BCUT2D eigenvalue weighted by Gasteiger charge is -2.21. The Labute approximate surface area is 613 Å². The summed E-state index contributed by atoms with van der Waals surface area (Å²) in [4.78, 5) is 73.0. The Morgan fingerprint density at radius 3 is 0.590 bits per heavy atom. The molecule has 0 bridgehead atoms. The molecular formula is C81H158O17P2. The number of carbonyl (C=O) groups excluding carboxylic acids is 4. The van der Waals surface area contributed by atoms with Gasteiger partial charge in [0.1, 0.15) is 19.3 Å². The molecule has 100 heavy (non-hydrogen) atoms. The number of hydrogen-bond acceptors (Lipinski definition) is 15. The summed E-state index contributed by atoms with van der Waals surface area (Å²) in [5.74, 6) is -2.10. The van der Waals surface area contributed by atoms with Crippen molar-refractivity contribution in [2.24, 2.45) is 0 Å². The highest BCUT2D eigenvalue weighted by Crippen LogP contribution is 2.45. The quantitative estimate of drug-likeness (QED) is 0.0222. The molecule has 19 heteroatoms. The maximum absolute atomic E-state index is 13.1. The first-order valence-corrected chi connectivity index (χ1v) is 45.3. The van der Waals surface area contributed by atoms with Gasteiger partial charge >= 0.3 is 39.5 Å². The normalized spacial score (nSPS) is 13.8. The third-order valence-corrected chi connectivity index (χ3v) is 21.0. The molecule has 2 unspecified atom stereocenters. The van der Waals surface area contributed by atoms with E-state index in [-0.39, 0.29) is 25.7 Å². The van der Waals surface area contributed by atoms with Gasteiger partial charge in [-0.2, -0.15) is 0 Å². The summed E-state index contributed by atoms with van der Waals surface area (Å²) in [7, 11) is -9.91. The zero-order chi connectivity index (χ0) is 73.2. The molecule has 0 aliphatic rings. The third kappa shape index (κ3) is 74.3. The van der Waals surface area contributed by atoms with E-state index in [0.29, 0.717) is 25.7 Å². The Bertz CT molecular complexity index is 1890. The topological polar surface area (TPSA) is 237 Å². The van der Waals surface area contributed by atoms with E-state index >= 15 is 0 Å². The van der Waals surface area contributed by atoms with Crippen LogP contribution in [-0.2, 0) is 65.4 Å². The largest absolute Gasteiger partial charge is 0.472 e. The Kier molecular flexibility index (Phi) is 73.8. The van der Waals surface area contributed by atoms with Crippen molar-refractivity contribution in [1.29, 1.82) is 0 Å². The molecule has 3 N–H and O–H groups in total. The number of aliphatic hydroxyl groups is 1. The molecule has 0 saturated carbocycles. The number of aliphatic hydroxyl groups excluding tert-OH is 1. The van der Waals surface area contributed by atoms with Crippen LogP contribution in [0.5, 0.6) is 0 Å². The molecule has 0 aromatic carbocycles. The summed E-state index contributed by atoms with van der Waals surface area (Å²) in [6, 6.07) is 0. The van der Waals surface area contributed by atoms with Crippen LogP contribution in [0, 0.1) is 0 Å². The van der Waals surface area contributed by atoms with Gasteiger partial charge in [-0.1, -0.05) is 387 Å². The standard InChI is InChI=1S/C81H158O17P2/c1-5-9-13-17-21-25-28-31-34-36-38-40-42-45-48-52-56-60-64-68-81(86)98-77(72-92-79(84)66-62-58-54-50-46-44-41-39-37-35-32-29-26-22-18-14-10-6-2)74-96-100(89,90)94-70-75(82)69-93-99(87,88)95-73-76(71-91-78(83)65-61-57-53-49-24-20-16-12-8-4)97-80(85)67-63-59-55-51-47-43-33-30-27-23-19-15-11-7-3/h75-77,82H,5-74H2,1-4H3,(H,87,88)(H,89,90)/t75-,76+,77+/m0/s1. The number of rotatable bonds is 82. The van der Waals surface area contributed by atoms with Gasteiger partial charge in [0.05, 0.1) is 26.4 Å². The summed E-state index contributed by atoms with van der Waals surface area (Å²) < 4.78 is 68.7. The van der Waals surface area contributed by atoms with Crippen molar-refractivity contribution in [3.05, 3.63) is 0 Å². The highest BCUT2D eigenvalue weighted by atomic mass is 31.2. The first-order chi connectivity index (χ1) is 48.7. The zero-order valence-corrected chi connectivity index (χ0v) is 67.0. The van der Waals surface area contributed by atoms with Gasteiger partial charge in [0.15, 0.2) is 12.2 Å². The number of carbonyl (C=O) groups is 4. The van der Waals surface area contributed by atoms with Crippen molar-refractivity contribution >= 4 is 39.5 Å². The van der Waals surface area contributed by atoms with Crippen LogP contribution >= 0.6 is 15.6 Å². The minimum Gasteiger partial charge on any atom is -0.462 e. The highest BCUT2D eigenvalue weighted by molar-refractivity contribution is 7.47. The van der Waals surface area contributed by atoms with Gasteiger partial charge in [-0.3, -0.25) is 37.3 Å². The third-order valence-electron chi connectivity index (χ3n) is 19.1. The smallest absolute Gasteiger partial charge is 0.462 e. The van der Waals surface area contributed by atoms with Crippen molar-refractivity contribution in [1.82, 2.24) is 0 Å². The van der Waals surface area contributed by atoms with Gasteiger partial charge in [0.25, 0.3) is 0 Å². The Morgan fingerprint density at radius 2 is 0.400 bits per heavy atom. The average molecular weight is 1470 g/mol. The van der Waals surface area contributed by atoms with Crippen molar-refractivity contribution < 1.29 is 80.2 Å². The minimum absolute atomic E-state index is 0.109. The lowest BCUT2D eigenvalue weighted by Crippen LogP contribution is -2.30. The molecule has 0 spiro atoms. The van der Waals surface area contributed by atoms with Gasteiger partial charge in [-0.25, -0.2) is 9.13 Å². The van der Waals surface area contributed by atoms with Crippen LogP contribution in [0.4, 0.5) is 0 Å². The molecule has 0 aromatic rings. The SMILES string of the molecule is CCCCCCCCCCCCCCCCCCCCCC(=O)O[C@H](COC(=O)CCCCCCCCCCCCCCCCCCCC)COP(=O)(O)OC[C@@H](O)COP(=O)(O)OC[C@@H](COC(=O)CCCCCCCCCCC)OC(=O)CCCCCCCCCCCCCCCC. The van der Waals surface area contributed by atoms with Crippen molar-refractivity contribution in [3.8, 4) is 0 Å². The fourth-order valence-corrected chi connectivity index (χ4v) is 14.2. The monoisotopic (exact) mass is 1470 g/mol. The van der Waals surface area contributed by atoms with Gasteiger partial charge in [0, 0.05) is 25.7 Å². The predicted molar refractivity (Wildman–Crippen MR) is 409 cm³/mol. The van der Waals surface area contributed by atoms with Crippen LogP contribution in [-0.4, -0.2) is 96.7 Å². The van der Waals surface area contributed by atoms with Gasteiger partial charge in [-0.05, 0) is 25.7 Å². The number of esters is 4. The van der Waals surface area contributed by atoms with E-state index in [4.69, 9.17) is 37.0 Å². The second-order valence-electron chi connectivity index (χ2n) is 29.2. The number of unbranched alkanes of at least 4 members (excludes halogenated alkanes) is 56. The summed E-state index contributed by atoms with van der Waals surface area (Å²) in [5, 5.41) is 10.6. The molecule has 17 nitrogen and oxygen atoms in total. The fraction of sp³-hybridized carbons (Fsp3) is 0.951. The van der Waals surface area contributed by atoms with Gasteiger partial charge in [0.2, 0.25) is 0 Å². The maximum atomic E-state index is 13.1. The van der Waals surface area contributed by atoms with E-state index in [1.54, 1.807) is 0 Å². The van der Waals surface area contributed by atoms with Gasteiger partial charge in [-0.15, -0.1) is 0 Å². The summed E-state index contributed by atoms with van der Waals surface area (Å²) >= 11 is 0. The van der Waals surface area contributed by atoms with E-state index in [9.17, 15) is 43.2 Å². The van der Waals surface area contributed by atoms with E-state index < -0.39 is 97.5 Å². The minimum atomic E-state index is -4.96. The van der Waals surface area contributed by atoms with Crippen LogP contribution in [0.25, 0.3) is 0 Å².